The number of nitrogens with one attached hydrogen (secondary N) is 2. The predicted octanol–water partition coefficient (Wildman–Crippen LogP) is 2.45. The molecule has 3 rings (SSSR count). The first-order chi connectivity index (χ1) is 10.1. The fourth-order valence-electron chi connectivity index (χ4n) is 2.28. The van der Waals surface area contributed by atoms with Crippen molar-refractivity contribution in [2.75, 3.05) is 11.9 Å². The van der Waals surface area contributed by atoms with Crippen LogP contribution in [-0.2, 0) is 7.05 Å². The van der Waals surface area contributed by atoms with Gasteiger partial charge in [0.1, 0.15) is 5.65 Å². The molecule has 7 heteroatoms. The van der Waals surface area contributed by atoms with Gasteiger partial charge >= 0.3 is 0 Å². The number of hydrogen-bond donors (Lipinski definition) is 2. The lowest BCUT2D eigenvalue weighted by Crippen LogP contribution is -2.03. The normalized spacial score (nSPS) is 11.0. The standard InChI is InChI=1S/C14H18N6O/c1-5-21-13-10-6-7-15-12(10)17-14(18-13)16-11-8(2)19-20(4)9(11)3/h6-7H,5H2,1-4H3,(H2,15,16,17,18). The molecule has 3 aromatic rings. The lowest BCUT2D eigenvalue weighted by Gasteiger charge is -2.08. The quantitative estimate of drug-likeness (QED) is 0.770. The zero-order valence-electron chi connectivity index (χ0n) is 12.6. The lowest BCUT2D eigenvalue weighted by atomic mass is 10.3. The van der Waals surface area contributed by atoms with Crippen LogP contribution in [0.1, 0.15) is 18.3 Å². The molecule has 0 fully saturated rings. The van der Waals surface area contributed by atoms with Gasteiger partial charge in [-0.3, -0.25) is 4.68 Å². The Hall–Kier alpha value is -2.57. The van der Waals surface area contributed by atoms with Gasteiger partial charge in [-0.05, 0) is 26.8 Å². The smallest absolute Gasteiger partial charge is 0.232 e. The molecule has 0 aliphatic rings. The van der Waals surface area contributed by atoms with Crippen molar-refractivity contribution in [2.24, 2.45) is 7.05 Å². The third kappa shape index (κ3) is 2.31. The number of hydrogen-bond acceptors (Lipinski definition) is 5. The highest BCUT2D eigenvalue weighted by Gasteiger charge is 2.14. The van der Waals surface area contributed by atoms with Gasteiger partial charge in [-0.15, -0.1) is 0 Å². The second-order valence-corrected chi connectivity index (χ2v) is 4.82. The predicted molar refractivity (Wildman–Crippen MR) is 81.0 cm³/mol. The highest BCUT2D eigenvalue weighted by molar-refractivity contribution is 5.82. The van der Waals surface area contributed by atoms with Gasteiger partial charge in [0, 0.05) is 13.2 Å². The maximum absolute atomic E-state index is 5.59. The van der Waals surface area contributed by atoms with Crippen LogP contribution < -0.4 is 10.1 Å². The van der Waals surface area contributed by atoms with Gasteiger partial charge < -0.3 is 15.0 Å². The first-order valence-electron chi connectivity index (χ1n) is 6.85. The SMILES string of the molecule is CCOc1nc(Nc2c(C)nn(C)c2C)nc2[nH]ccc12. The number of aryl methyl sites for hydroxylation is 2. The summed E-state index contributed by atoms with van der Waals surface area (Å²) in [5.74, 6) is 1.07. The molecule has 3 aromatic heterocycles. The Morgan fingerprint density at radius 2 is 2.14 bits per heavy atom. The molecule has 7 nitrogen and oxygen atoms in total. The second kappa shape index (κ2) is 5.08. The molecule has 0 radical (unpaired) electrons. The van der Waals surface area contributed by atoms with E-state index in [0.29, 0.717) is 18.4 Å². The average Bonchev–Trinajstić information content (AvgIpc) is 3.00. The minimum Gasteiger partial charge on any atom is -0.477 e. The van der Waals surface area contributed by atoms with Crippen LogP contribution in [-0.4, -0.2) is 31.3 Å². The van der Waals surface area contributed by atoms with Crippen molar-refractivity contribution < 1.29 is 4.74 Å². The van der Waals surface area contributed by atoms with Gasteiger partial charge in [-0.2, -0.15) is 15.1 Å². The van der Waals surface area contributed by atoms with E-state index in [9.17, 15) is 0 Å². The van der Waals surface area contributed by atoms with Crippen LogP contribution in [0.25, 0.3) is 11.0 Å². The third-order valence-electron chi connectivity index (χ3n) is 3.41. The van der Waals surface area contributed by atoms with Gasteiger partial charge in [0.05, 0.1) is 29.1 Å². The van der Waals surface area contributed by atoms with E-state index < -0.39 is 0 Å². The molecule has 0 aliphatic carbocycles. The average molecular weight is 286 g/mol. The maximum Gasteiger partial charge on any atom is 0.232 e. The molecular formula is C14H18N6O. The third-order valence-corrected chi connectivity index (χ3v) is 3.41. The molecule has 0 amide bonds. The molecule has 21 heavy (non-hydrogen) atoms. The number of H-pyrrole nitrogens is 1. The molecule has 2 N–H and O–H groups in total. The number of fused-ring (bicyclic) bond motifs is 1. The highest BCUT2D eigenvalue weighted by Crippen LogP contribution is 2.26. The summed E-state index contributed by atoms with van der Waals surface area (Å²) in [6.07, 6.45) is 1.83. The minimum atomic E-state index is 0.493. The van der Waals surface area contributed by atoms with E-state index >= 15 is 0 Å². The van der Waals surface area contributed by atoms with Crippen molar-refractivity contribution >= 4 is 22.7 Å². The summed E-state index contributed by atoms with van der Waals surface area (Å²) < 4.78 is 7.42. The van der Waals surface area contributed by atoms with Crippen molar-refractivity contribution in [2.45, 2.75) is 20.8 Å². The summed E-state index contributed by atoms with van der Waals surface area (Å²) in [6.45, 7) is 6.44. The Morgan fingerprint density at radius 1 is 1.33 bits per heavy atom. The fourth-order valence-corrected chi connectivity index (χ4v) is 2.28. The van der Waals surface area contributed by atoms with Crippen LogP contribution in [0.4, 0.5) is 11.6 Å². The second-order valence-electron chi connectivity index (χ2n) is 4.82. The van der Waals surface area contributed by atoms with E-state index in [-0.39, 0.29) is 0 Å². The van der Waals surface area contributed by atoms with E-state index in [1.165, 1.54) is 0 Å². The van der Waals surface area contributed by atoms with Gasteiger partial charge in [0.25, 0.3) is 0 Å². The van der Waals surface area contributed by atoms with E-state index in [4.69, 9.17) is 4.74 Å². The van der Waals surface area contributed by atoms with Gasteiger partial charge in [0.15, 0.2) is 0 Å². The van der Waals surface area contributed by atoms with E-state index in [1.54, 1.807) is 0 Å². The maximum atomic E-state index is 5.59. The van der Waals surface area contributed by atoms with E-state index in [0.717, 1.165) is 28.1 Å². The van der Waals surface area contributed by atoms with Gasteiger partial charge in [-0.25, -0.2) is 0 Å². The zero-order chi connectivity index (χ0) is 15.0. The Kier molecular flexibility index (Phi) is 3.25. The number of rotatable bonds is 4. The summed E-state index contributed by atoms with van der Waals surface area (Å²) >= 11 is 0. The molecule has 0 spiro atoms. The van der Waals surface area contributed by atoms with Crippen molar-refractivity contribution in [3.05, 3.63) is 23.7 Å². The topological polar surface area (TPSA) is 80.7 Å². The molecule has 0 saturated carbocycles. The van der Waals surface area contributed by atoms with Crippen LogP contribution in [0.5, 0.6) is 5.88 Å². The molecule has 0 aromatic carbocycles. The number of nitrogens with zero attached hydrogens (tertiary/aromatic N) is 4. The van der Waals surface area contributed by atoms with Crippen LogP contribution in [0, 0.1) is 13.8 Å². The molecular weight excluding hydrogens is 268 g/mol. The fraction of sp³-hybridized carbons (Fsp3) is 0.357. The van der Waals surface area contributed by atoms with Crippen molar-refractivity contribution in [1.82, 2.24) is 24.7 Å². The van der Waals surface area contributed by atoms with Crippen molar-refractivity contribution in [1.29, 1.82) is 0 Å². The molecule has 0 atom stereocenters. The Labute approximate surface area is 122 Å². The molecule has 0 unspecified atom stereocenters. The number of aromatic nitrogens is 5. The van der Waals surface area contributed by atoms with Gasteiger partial charge in [0.2, 0.25) is 11.8 Å². The molecule has 0 bridgehead atoms. The zero-order valence-corrected chi connectivity index (χ0v) is 12.6. The van der Waals surface area contributed by atoms with Crippen LogP contribution in [0.3, 0.4) is 0 Å². The molecule has 3 heterocycles. The Balaban J connectivity index is 2.04. The highest BCUT2D eigenvalue weighted by atomic mass is 16.5. The minimum absolute atomic E-state index is 0.493. The number of aromatic amines is 1. The molecule has 0 aliphatic heterocycles. The summed E-state index contributed by atoms with van der Waals surface area (Å²) in [6, 6.07) is 1.91. The van der Waals surface area contributed by atoms with Crippen molar-refractivity contribution in [3.63, 3.8) is 0 Å². The molecule has 0 saturated heterocycles. The Bertz CT molecular complexity index is 788. The van der Waals surface area contributed by atoms with E-state index in [1.807, 2.05) is 44.8 Å². The van der Waals surface area contributed by atoms with Crippen LogP contribution in [0.2, 0.25) is 0 Å². The largest absolute Gasteiger partial charge is 0.477 e. The monoisotopic (exact) mass is 286 g/mol. The summed E-state index contributed by atoms with van der Waals surface area (Å²) in [5.41, 5.74) is 3.60. The lowest BCUT2D eigenvalue weighted by molar-refractivity contribution is 0.331. The summed E-state index contributed by atoms with van der Waals surface area (Å²) in [5, 5.41) is 8.49. The Morgan fingerprint density at radius 3 is 2.81 bits per heavy atom. The summed E-state index contributed by atoms with van der Waals surface area (Å²) in [4.78, 5) is 12.0. The number of anilines is 2. The first kappa shape index (κ1) is 13.4. The van der Waals surface area contributed by atoms with Crippen LogP contribution in [0.15, 0.2) is 12.3 Å². The summed E-state index contributed by atoms with van der Waals surface area (Å²) in [7, 11) is 1.91. The van der Waals surface area contributed by atoms with Crippen molar-refractivity contribution in [3.8, 4) is 5.88 Å². The van der Waals surface area contributed by atoms with E-state index in [2.05, 4.69) is 25.4 Å². The first-order valence-corrected chi connectivity index (χ1v) is 6.85. The number of ether oxygens (including phenoxy) is 1. The van der Waals surface area contributed by atoms with Crippen LogP contribution >= 0.6 is 0 Å². The van der Waals surface area contributed by atoms with Gasteiger partial charge in [-0.1, -0.05) is 0 Å². The molecule has 110 valence electrons.